The molecule has 9 nitrogen and oxygen atoms in total. The van der Waals surface area contributed by atoms with Crippen LogP contribution < -0.4 is 10.6 Å². The molecular formula is C23H26N4O5S2. The lowest BCUT2D eigenvalue weighted by Crippen LogP contribution is -2.32. The number of aliphatic hydroxyl groups excluding tert-OH is 1. The third kappa shape index (κ3) is 5.91. The van der Waals surface area contributed by atoms with Crippen molar-refractivity contribution in [2.45, 2.75) is 37.7 Å². The first kappa shape index (κ1) is 24.1. The molecule has 0 atom stereocenters. The van der Waals surface area contributed by atoms with Crippen LogP contribution in [0.2, 0.25) is 0 Å². The molecule has 0 bridgehead atoms. The van der Waals surface area contributed by atoms with Crippen LogP contribution >= 0.6 is 11.3 Å². The highest BCUT2D eigenvalue weighted by Crippen LogP contribution is 2.35. The van der Waals surface area contributed by atoms with Gasteiger partial charge in [0, 0.05) is 23.3 Å². The zero-order valence-corrected chi connectivity index (χ0v) is 20.2. The average molecular weight is 503 g/mol. The molecule has 0 spiro atoms. The highest BCUT2D eigenvalue weighted by molar-refractivity contribution is 7.89. The van der Waals surface area contributed by atoms with Crippen LogP contribution in [0.5, 0.6) is 0 Å². The Morgan fingerprint density at radius 2 is 1.97 bits per heavy atom. The number of carbonyl (C=O) groups is 2. The van der Waals surface area contributed by atoms with E-state index in [0.717, 1.165) is 47.2 Å². The predicted molar refractivity (Wildman–Crippen MR) is 130 cm³/mol. The van der Waals surface area contributed by atoms with Gasteiger partial charge < -0.3 is 15.7 Å². The van der Waals surface area contributed by atoms with Crippen molar-refractivity contribution in [2.24, 2.45) is 0 Å². The standard InChI is InChI=1S/C23H26N4O5S2/c1-34(31,32)27-10-9-18(13-27)22(30)24-12-21(29)26-23-25-20(14-33-23)17-4-2-3-16(11-17)15-5-7-19(28)8-6-15/h2-4,9-11,13-15,19,28H,5-8,12H2,1H3,(H,24,30)(H,25,26,29). The monoisotopic (exact) mass is 502 g/mol. The second-order valence-electron chi connectivity index (χ2n) is 8.39. The van der Waals surface area contributed by atoms with Crippen LogP contribution in [0.1, 0.15) is 47.5 Å². The first-order valence-corrected chi connectivity index (χ1v) is 13.6. The molecule has 4 rings (SSSR count). The average Bonchev–Trinajstić information content (AvgIpc) is 3.48. The summed E-state index contributed by atoms with van der Waals surface area (Å²) in [5.74, 6) is -0.560. The summed E-state index contributed by atoms with van der Waals surface area (Å²) in [5, 5.41) is 17.2. The van der Waals surface area contributed by atoms with Crippen molar-refractivity contribution in [3.63, 3.8) is 0 Å². The van der Waals surface area contributed by atoms with Gasteiger partial charge in [-0.3, -0.25) is 13.6 Å². The maximum absolute atomic E-state index is 12.3. The third-order valence-electron chi connectivity index (χ3n) is 5.82. The van der Waals surface area contributed by atoms with Gasteiger partial charge >= 0.3 is 0 Å². The molecule has 2 amide bonds. The van der Waals surface area contributed by atoms with Gasteiger partial charge in [-0.1, -0.05) is 18.2 Å². The molecule has 1 fully saturated rings. The van der Waals surface area contributed by atoms with Gasteiger partial charge in [-0.05, 0) is 49.3 Å². The van der Waals surface area contributed by atoms with Crippen LogP contribution in [-0.2, 0) is 14.8 Å². The van der Waals surface area contributed by atoms with E-state index in [2.05, 4.69) is 27.8 Å². The largest absolute Gasteiger partial charge is 0.393 e. The lowest BCUT2D eigenvalue weighted by Gasteiger charge is -2.25. The van der Waals surface area contributed by atoms with Gasteiger partial charge in [0.25, 0.3) is 5.91 Å². The number of carbonyl (C=O) groups excluding carboxylic acids is 2. The summed E-state index contributed by atoms with van der Waals surface area (Å²) in [4.78, 5) is 28.9. The summed E-state index contributed by atoms with van der Waals surface area (Å²) in [6.07, 6.45) is 6.88. The molecule has 180 valence electrons. The Morgan fingerprint density at radius 3 is 2.68 bits per heavy atom. The molecule has 3 N–H and O–H groups in total. The van der Waals surface area contributed by atoms with E-state index in [1.54, 1.807) is 0 Å². The minimum absolute atomic E-state index is 0.141. The van der Waals surface area contributed by atoms with E-state index in [-0.39, 0.29) is 18.2 Å². The molecule has 1 aliphatic carbocycles. The van der Waals surface area contributed by atoms with Crippen molar-refractivity contribution < 1.29 is 23.1 Å². The van der Waals surface area contributed by atoms with E-state index in [4.69, 9.17) is 0 Å². The van der Waals surface area contributed by atoms with Gasteiger partial charge in [0.05, 0.1) is 30.2 Å². The highest BCUT2D eigenvalue weighted by Gasteiger charge is 2.21. The van der Waals surface area contributed by atoms with E-state index >= 15 is 0 Å². The first-order valence-electron chi connectivity index (χ1n) is 10.9. The van der Waals surface area contributed by atoms with Gasteiger partial charge in [-0.2, -0.15) is 0 Å². The second-order valence-corrected chi connectivity index (χ2v) is 11.1. The molecule has 1 saturated carbocycles. The van der Waals surface area contributed by atoms with Crippen LogP contribution in [-0.4, -0.2) is 53.2 Å². The van der Waals surface area contributed by atoms with E-state index in [0.29, 0.717) is 11.0 Å². The molecule has 2 aromatic heterocycles. The Labute approximate surface area is 201 Å². The SMILES string of the molecule is CS(=O)(=O)n1ccc(C(=O)NCC(=O)Nc2nc(-c3cccc(C4CCC(O)CC4)c3)cs2)c1. The Balaban J connectivity index is 1.33. The number of hydrogen-bond acceptors (Lipinski definition) is 7. The maximum Gasteiger partial charge on any atom is 0.253 e. The van der Waals surface area contributed by atoms with E-state index in [9.17, 15) is 23.1 Å². The van der Waals surface area contributed by atoms with Crippen LogP contribution in [0.25, 0.3) is 11.3 Å². The van der Waals surface area contributed by atoms with E-state index in [1.807, 2.05) is 17.5 Å². The Hall–Kier alpha value is -3.02. The molecule has 11 heteroatoms. The number of aliphatic hydroxyl groups is 1. The predicted octanol–water partition coefficient (Wildman–Crippen LogP) is 2.81. The van der Waals surface area contributed by atoms with Crippen LogP contribution in [0, 0.1) is 0 Å². The molecular weight excluding hydrogens is 476 g/mol. The van der Waals surface area contributed by atoms with Gasteiger partial charge in [0.1, 0.15) is 0 Å². The van der Waals surface area contributed by atoms with Crippen LogP contribution in [0.3, 0.4) is 0 Å². The zero-order valence-electron chi connectivity index (χ0n) is 18.6. The molecule has 3 aromatic rings. The number of rotatable bonds is 7. The minimum atomic E-state index is -3.48. The summed E-state index contributed by atoms with van der Waals surface area (Å²) in [6.45, 7) is -0.277. The topological polar surface area (TPSA) is 130 Å². The Kier molecular flexibility index (Phi) is 7.15. The first-order chi connectivity index (χ1) is 16.2. The van der Waals surface area contributed by atoms with Crippen molar-refractivity contribution >= 4 is 38.3 Å². The van der Waals surface area contributed by atoms with Crippen LogP contribution in [0.4, 0.5) is 5.13 Å². The number of thiazole rings is 1. The number of nitrogens with one attached hydrogen (secondary N) is 2. The van der Waals surface area contributed by atoms with E-state index < -0.39 is 21.8 Å². The van der Waals surface area contributed by atoms with Crippen molar-refractivity contribution in [3.05, 3.63) is 59.2 Å². The zero-order chi connectivity index (χ0) is 24.3. The number of benzene rings is 1. The highest BCUT2D eigenvalue weighted by atomic mass is 32.2. The molecule has 2 heterocycles. The lowest BCUT2D eigenvalue weighted by atomic mass is 9.82. The number of anilines is 1. The molecule has 1 aromatic carbocycles. The van der Waals surface area contributed by atoms with Crippen molar-refractivity contribution in [1.29, 1.82) is 0 Å². The Morgan fingerprint density at radius 1 is 1.21 bits per heavy atom. The van der Waals surface area contributed by atoms with Gasteiger partial charge in [-0.25, -0.2) is 13.4 Å². The Bertz CT molecular complexity index is 1290. The number of aromatic nitrogens is 2. The smallest absolute Gasteiger partial charge is 0.253 e. The number of amides is 2. The number of hydrogen-bond donors (Lipinski definition) is 3. The summed E-state index contributed by atoms with van der Waals surface area (Å²) in [5.41, 5.74) is 3.09. The fourth-order valence-electron chi connectivity index (χ4n) is 3.97. The second kappa shape index (κ2) is 10.1. The van der Waals surface area contributed by atoms with Crippen molar-refractivity contribution in [2.75, 3.05) is 18.1 Å². The lowest BCUT2D eigenvalue weighted by molar-refractivity contribution is -0.115. The van der Waals surface area contributed by atoms with Gasteiger partial charge in [-0.15, -0.1) is 11.3 Å². The number of nitrogens with zero attached hydrogens (tertiary/aromatic N) is 2. The molecule has 0 unspecified atom stereocenters. The fourth-order valence-corrected chi connectivity index (χ4v) is 5.29. The molecule has 0 radical (unpaired) electrons. The van der Waals surface area contributed by atoms with Crippen LogP contribution in [0.15, 0.2) is 48.1 Å². The molecule has 0 saturated heterocycles. The van der Waals surface area contributed by atoms with Crippen molar-refractivity contribution in [1.82, 2.24) is 14.3 Å². The minimum Gasteiger partial charge on any atom is -0.393 e. The summed E-state index contributed by atoms with van der Waals surface area (Å²) >= 11 is 1.29. The molecule has 34 heavy (non-hydrogen) atoms. The summed E-state index contributed by atoms with van der Waals surface area (Å²) < 4.78 is 23.9. The quantitative estimate of drug-likeness (QED) is 0.455. The van der Waals surface area contributed by atoms with Crippen molar-refractivity contribution in [3.8, 4) is 11.3 Å². The third-order valence-corrected chi connectivity index (χ3v) is 7.57. The molecule has 0 aliphatic heterocycles. The van der Waals surface area contributed by atoms with E-state index in [1.165, 1.54) is 35.4 Å². The summed E-state index contributed by atoms with van der Waals surface area (Å²) in [7, 11) is -3.48. The summed E-state index contributed by atoms with van der Waals surface area (Å²) in [6, 6.07) is 9.56. The fraction of sp³-hybridized carbons (Fsp3) is 0.348. The maximum atomic E-state index is 12.3. The normalized spacial score (nSPS) is 18.4. The van der Waals surface area contributed by atoms with Gasteiger partial charge in [0.2, 0.25) is 15.9 Å². The van der Waals surface area contributed by atoms with Gasteiger partial charge in [0.15, 0.2) is 5.13 Å². The molecule has 1 aliphatic rings.